The fraction of sp³-hybridized carbons (Fsp3) is 0.389. The second-order valence-corrected chi connectivity index (χ2v) is 5.23. The Morgan fingerprint density at radius 1 is 1.32 bits per heavy atom. The zero-order chi connectivity index (χ0) is 15.9. The van der Waals surface area contributed by atoms with Crippen molar-refractivity contribution >= 4 is 12.0 Å². The highest BCUT2D eigenvalue weighted by Gasteiger charge is 2.18. The topological polar surface area (TPSA) is 44.8 Å². The number of esters is 1. The molecule has 0 unspecified atom stereocenters. The Kier molecular flexibility index (Phi) is 5.64. The van der Waals surface area contributed by atoms with Gasteiger partial charge in [-0.05, 0) is 42.4 Å². The van der Waals surface area contributed by atoms with Crippen LogP contribution < -0.4 is 4.74 Å². The molecule has 0 aromatic heterocycles. The molecule has 0 bridgehead atoms. The molecule has 2 rings (SSSR count). The van der Waals surface area contributed by atoms with Gasteiger partial charge in [0.25, 0.3) is 0 Å². The maximum Gasteiger partial charge on any atom is 0.377 e. The Balaban J connectivity index is 2.24. The molecule has 0 N–H and O–H groups in total. The molecule has 0 atom stereocenters. The Morgan fingerprint density at radius 2 is 2.09 bits per heavy atom. The molecule has 1 fully saturated rings. The quantitative estimate of drug-likeness (QED) is 0.437. The molecule has 1 saturated carbocycles. The number of hydrogen-bond donors (Lipinski definition) is 0. The summed E-state index contributed by atoms with van der Waals surface area (Å²) in [7, 11) is 2.77. The van der Waals surface area contributed by atoms with Crippen LogP contribution in [0.3, 0.4) is 0 Å². The van der Waals surface area contributed by atoms with Crippen molar-refractivity contribution < 1.29 is 19.0 Å². The van der Waals surface area contributed by atoms with Crippen LogP contribution in [0.1, 0.15) is 30.9 Å². The molecule has 0 amide bonds. The molecule has 0 saturated heterocycles. The number of hydrogen-bond acceptors (Lipinski definition) is 4. The van der Waals surface area contributed by atoms with Gasteiger partial charge in [0.1, 0.15) is 12.0 Å². The van der Waals surface area contributed by atoms with Gasteiger partial charge in [-0.1, -0.05) is 31.2 Å². The van der Waals surface area contributed by atoms with E-state index in [1.54, 1.807) is 0 Å². The van der Waals surface area contributed by atoms with Crippen molar-refractivity contribution in [1.82, 2.24) is 0 Å². The molecular weight excluding hydrogens is 280 g/mol. The van der Waals surface area contributed by atoms with Crippen LogP contribution >= 0.6 is 0 Å². The summed E-state index contributed by atoms with van der Waals surface area (Å²) in [5, 5.41) is 0. The minimum absolute atomic E-state index is 0.0306. The normalized spacial score (nSPS) is 15.0. The lowest BCUT2D eigenvalue weighted by Gasteiger charge is -2.12. The summed E-state index contributed by atoms with van der Waals surface area (Å²) in [5.74, 6) is 0.828. The van der Waals surface area contributed by atoms with Crippen LogP contribution in [0.5, 0.6) is 5.75 Å². The summed E-state index contributed by atoms with van der Waals surface area (Å²) in [5.41, 5.74) is 2.08. The van der Waals surface area contributed by atoms with Crippen molar-refractivity contribution in [2.24, 2.45) is 5.92 Å². The number of benzene rings is 1. The number of allylic oxidation sites excluding steroid dienone is 1. The SMILES string of the molecule is CCc1ccc(/C=C/C2CC2)cc1O/C(=C\OC)C(=O)OC. The van der Waals surface area contributed by atoms with E-state index in [9.17, 15) is 4.79 Å². The van der Waals surface area contributed by atoms with E-state index in [4.69, 9.17) is 14.2 Å². The molecule has 0 aliphatic heterocycles. The first-order valence-electron chi connectivity index (χ1n) is 7.48. The van der Waals surface area contributed by atoms with E-state index in [0.717, 1.165) is 17.5 Å². The smallest absolute Gasteiger partial charge is 0.377 e. The number of aryl methyl sites for hydroxylation is 1. The third kappa shape index (κ3) is 4.38. The predicted octanol–water partition coefficient (Wildman–Crippen LogP) is 3.71. The van der Waals surface area contributed by atoms with Gasteiger partial charge < -0.3 is 14.2 Å². The lowest BCUT2D eigenvalue weighted by molar-refractivity contribution is -0.138. The van der Waals surface area contributed by atoms with E-state index in [2.05, 4.69) is 18.2 Å². The first kappa shape index (κ1) is 16.1. The highest BCUT2D eigenvalue weighted by molar-refractivity contribution is 5.86. The molecule has 118 valence electrons. The molecule has 1 aromatic rings. The van der Waals surface area contributed by atoms with Gasteiger partial charge in [0.15, 0.2) is 0 Å². The van der Waals surface area contributed by atoms with Gasteiger partial charge in [-0.15, -0.1) is 0 Å². The lowest BCUT2D eigenvalue weighted by Crippen LogP contribution is -2.12. The molecule has 1 aliphatic carbocycles. The van der Waals surface area contributed by atoms with Crippen molar-refractivity contribution in [1.29, 1.82) is 0 Å². The van der Waals surface area contributed by atoms with Gasteiger partial charge >= 0.3 is 5.97 Å². The van der Waals surface area contributed by atoms with Gasteiger partial charge in [-0.25, -0.2) is 4.79 Å². The van der Waals surface area contributed by atoms with E-state index >= 15 is 0 Å². The second kappa shape index (κ2) is 7.69. The van der Waals surface area contributed by atoms with E-state index in [0.29, 0.717) is 11.7 Å². The van der Waals surface area contributed by atoms with Crippen molar-refractivity contribution in [2.45, 2.75) is 26.2 Å². The van der Waals surface area contributed by atoms with E-state index in [1.165, 1.54) is 33.3 Å². The molecule has 4 heteroatoms. The van der Waals surface area contributed by atoms with E-state index < -0.39 is 5.97 Å². The fourth-order valence-electron chi connectivity index (χ4n) is 2.04. The highest BCUT2D eigenvalue weighted by Crippen LogP contribution is 2.31. The van der Waals surface area contributed by atoms with Crippen molar-refractivity contribution in [2.75, 3.05) is 14.2 Å². The van der Waals surface area contributed by atoms with Gasteiger partial charge in [-0.3, -0.25) is 0 Å². The Morgan fingerprint density at radius 3 is 2.68 bits per heavy atom. The molecule has 4 nitrogen and oxygen atoms in total. The van der Waals surface area contributed by atoms with E-state index in [1.807, 2.05) is 19.1 Å². The number of carbonyl (C=O) groups excluding carboxylic acids is 1. The van der Waals surface area contributed by atoms with Crippen molar-refractivity contribution in [3.8, 4) is 5.75 Å². The summed E-state index contributed by atoms with van der Waals surface area (Å²) in [4.78, 5) is 11.7. The largest absolute Gasteiger partial charge is 0.500 e. The standard InChI is InChI=1S/C18H22O4/c1-4-15-10-9-14(8-7-13-5-6-13)11-16(15)22-17(12-20-2)18(19)21-3/h7-13H,4-6H2,1-3H3/b8-7+,17-12-. The maximum atomic E-state index is 11.7. The maximum absolute atomic E-state index is 11.7. The molecular formula is C18H22O4. The first-order chi connectivity index (χ1) is 10.7. The zero-order valence-electron chi connectivity index (χ0n) is 13.3. The summed E-state index contributed by atoms with van der Waals surface area (Å²) in [6.45, 7) is 2.04. The first-order valence-corrected chi connectivity index (χ1v) is 7.48. The Labute approximate surface area is 131 Å². The average molecular weight is 302 g/mol. The van der Waals surface area contributed by atoms with Gasteiger partial charge in [0.05, 0.1) is 14.2 Å². The minimum Gasteiger partial charge on any atom is -0.500 e. The molecule has 22 heavy (non-hydrogen) atoms. The van der Waals surface area contributed by atoms with Crippen LogP contribution in [-0.2, 0) is 20.7 Å². The third-order valence-electron chi connectivity index (χ3n) is 3.49. The monoisotopic (exact) mass is 302 g/mol. The molecule has 1 aromatic carbocycles. The highest BCUT2D eigenvalue weighted by atomic mass is 16.6. The van der Waals surface area contributed by atoms with Gasteiger partial charge in [-0.2, -0.15) is 0 Å². The molecule has 0 radical (unpaired) electrons. The Hall–Kier alpha value is -2.23. The summed E-state index contributed by atoms with van der Waals surface area (Å²) < 4.78 is 15.3. The third-order valence-corrected chi connectivity index (χ3v) is 3.49. The second-order valence-electron chi connectivity index (χ2n) is 5.23. The van der Waals surface area contributed by atoms with Crippen LogP contribution in [0.4, 0.5) is 0 Å². The van der Waals surface area contributed by atoms with Crippen LogP contribution in [0.15, 0.2) is 36.3 Å². The van der Waals surface area contributed by atoms with Crippen molar-refractivity contribution in [3.05, 3.63) is 47.4 Å². The number of ether oxygens (including phenoxy) is 3. The fourth-order valence-corrected chi connectivity index (χ4v) is 2.04. The summed E-state index contributed by atoms with van der Waals surface area (Å²) >= 11 is 0. The van der Waals surface area contributed by atoms with Gasteiger partial charge in [0.2, 0.25) is 5.76 Å². The predicted molar refractivity (Wildman–Crippen MR) is 85.3 cm³/mol. The summed E-state index contributed by atoms with van der Waals surface area (Å²) in [6, 6.07) is 6.01. The molecule has 0 spiro atoms. The zero-order valence-corrected chi connectivity index (χ0v) is 13.3. The van der Waals surface area contributed by atoms with Crippen LogP contribution in [0, 0.1) is 5.92 Å². The average Bonchev–Trinajstić information content (AvgIpc) is 3.36. The van der Waals surface area contributed by atoms with Gasteiger partial charge in [0, 0.05) is 0 Å². The van der Waals surface area contributed by atoms with E-state index in [-0.39, 0.29) is 5.76 Å². The number of rotatable bonds is 7. The minimum atomic E-state index is -0.567. The number of carbonyl (C=O) groups is 1. The van der Waals surface area contributed by atoms with Crippen LogP contribution in [-0.4, -0.2) is 20.2 Å². The van der Waals surface area contributed by atoms with Crippen LogP contribution in [0.2, 0.25) is 0 Å². The van der Waals surface area contributed by atoms with Crippen LogP contribution in [0.25, 0.3) is 6.08 Å². The summed E-state index contributed by atoms with van der Waals surface area (Å²) in [6.07, 6.45) is 8.92. The number of methoxy groups -OCH3 is 2. The Bertz CT molecular complexity index is 583. The molecule has 1 aliphatic rings. The molecule has 0 heterocycles. The lowest BCUT2D eigenvalue weighted by atomic mass is 10.1. The van der Waals surface area contributed by atoms with Crippen molar-refractivity contribution in [3.63, 3.8) is 0 Å².